The Morgan fingerprint density at radius 1 is 0.255 bits per heavy atom. The van der Waals surface area contributed by atoms with E-state index in [0.29, 0.717) is 34.3 Å². The van der Waals surface area contributed by atoms with Gasteiger partial charge in [0.15, 0.2) is 23.2 Å². The minimum atomic E-state index is 0.449. The third kappa shape index (κ3) is 10.5. The van der Waals surface area contributed by atoms with E-state index >= 15 is 0 Å². The maximum atomic E-state index is 10.1. The quantitative estimate of drug-likeness (QED) is 0.113. The number of aromatic nitrogens is 5. The first kappa shape index (κ1) is 58.0. The highest BCUT2D eigenvalue weighted by Crippen LogP contribution is 2.45. The van der Waals surface area contributed by atoms with E-state index in [2.05, 4.69) is 238 Å². The van der Waals surface area contributed by atoms with Crippen molar-refractivity contribution >= 4 is 49.3 Å². The highest BCUT2D eigenvalue weighted by molar-refractivity contribution is 6.14. The Labute approximate surface area is 566 Å². The lowest BCUT2D eigenvalue weighted by Crippen LogP contribution is -2.04. The van der Waals surface area contributed by atoms with E-state index in [4.69, 9.17) is 21.5 Å². The van der Waals surface area contributed by atoms with Crippen LogP contribution in [0.5, 0.6) is 0 Å². The van der Waals surface area contributed by atoms with E-state index < -0.39 is 0 Å². The molecule has 3 heterocycles. The molecule has 8 heteroatoms. The summed E-state index contributed by atoms with van der Waals surface area (Å²) < 4.78 is 4.73. The molecule has 0 radical (unpaired) electrons. The zero-order valence-corrected chi connectivity index (χ0v) is 52.8. The molecule has 14 aromatic carbocycles. The molecule has 454 valence electrons. The Hall–Kier alpha value is -13.8. The average Bonchev–Trinajstić information content (AvgIpc) is 1.58. The Bertz CT molecular complexity index is 5580. The second kappa shape index (κ2) is 24.6. The van der Waals surface area contributed by atoms with Gasteiger partial charge < -0.3 is 9.13 Å². The summed E-state index contributed by atoms with van der Waals surface area (Å²) in [5, 5.41) is 24.3. The molecule has 17 rings (SSSR count). The molecule has 0 unspecified atom stereocenters. The fourth-order valence-corrected chi connectivity index (χ4v) is 13.9. The van der Waals surface area contributed by atoms with Crippen molar-refractivity contribution in [3.8, 4) is 136 Å². The number of nitrogens with zero attached hydrogens (tertiary/aromatic N) is 8. The van der Waals surface area contributed by atoms with Crippen LogP contribution in [-0.4, -0.2) is 24.1 Å². The molecule has 8 nitrogen and oxygen atoms in total. The summed E-state index contributed by atoms with van der Waals surface area (Å²) in [6.07, 6.45) is 0. The number of hydrogen-bond acceptors (Lipinski definition) is 5. The molecule has 0 spiro atoms. The summed E-state index contributed by atoms with van der Waals surface area (Å²) >= 11 is 0. The van der Waals surface area contributed by atoms with Gasteiger partial charge in [-0.15, -0.1) is 0 Å². The van der Waals surface area contributed by atoms with Crippen LogP contribution in [0.3, 0.4) is 0 Å². The molecule has 98 heavy (non-hydrogen) atoms. The van der Waals surface area contributed by atoms with E-state index in [-0.39, 0.29) is 0 Å². The zero-order valence-electron chi connectivity index (χ0n) is 52.8. The molecule has 0 aliphatic heterocycles. The van der Waals surface area contributed by atoms with Crippen molar-refractivity contribution in [2.75, 3.05) is 0 Å². The second-order valence-corrected chi connectivity index (χ2v) is 24.4. The Balaban J connectivity index is 0.923. The molecule has 3 aromatic heterocycles. The molecule has 0 aliphatic carbocycles. The van der Waals surface area contributed by atoms with Crippen LogP contribution in [0, 0.1) is 29.2 Å². The fourth-order valence-electron chi connectivity index (χ4n) is 13.9. The smallest absolute Gasteiger partial charge is 0.187 e. The Morgan fingerprint density at radius 2 is 0.551 bits per heavy atom. The largest absolute Gasteiger partial charge is 0.309 e. The minimum absolute atomic E-state index is 0.449. The Kier molecular flexibility index (Phi) is 14.5. The van der Waals surface area contributed by atoms with Crippen molar-refractivity contribution in [2.45, 2.75) is 0 Å². The van der Waals surface area contributed by atoms with Crippen LogP contribution < -0.4 is 0 Å². The van der Waals surface area contributed by atoms with Gasteiger partial charge in [0.25, 0.3) is 0 Å². The van der Waals surface area contributed by atoms with Crippen molar-refractivity contribution in [2.24, 2.45) is 0 Å². The van der Waals surface area contributed by atoms with Gasteiger partial charge in [-0.3, -0.25) is 0 Å². The molecule has 0 aliphatic rings. The second-order valence-electron chi connectivity index (χ2n) is 24.4. The van der Waals surface area contributed by atoms with Crippen LogP contribution in [0.1, 0.15) is 11.1 Å². The summed E-state index contributed by atoms with van der Waals surface area (Å²) in [5.74, 6) is 1.36. The van der Waals surface area contributed by atoms with Crippen molar-refractivity contribution in [1.82, 2.24) is 24.1 Å². The summed E-state index contributed by atoms with van der Waals surface area (Å²) in [5.41, 5.74) is 24.3. The van der Waals surface area contributed by atoms with Gasteiger partial charge in [-0.25, -0.2) is 19.8 Å². The summed E-state index contributed by atoms with van der Waals surface area (Å²) in [4.78, 5) is 20.5. The molecule has 17 aromatic rings. The lowest BCUT2D eigenvalue weighted by molar-refractivity contribution is 1.07. The molecular weight excluding hydrogens is 1190 g/mol. The predicted octanol–water partition coefficient (Wildman–Crippen LogP) is 23.0. The van der Waals surface area contributed by atoms with Gasteiger partial charge >= 0.3 is 0 Å². The third-order valence-electron chi connectivity index (χ3n) is 18.7. The van der Waals surface area contributed by atoms with Crippen LogP contribution in [0.25, 0.3) is 172 Å². The van der Waals surface area contributed by atoms with Gasteiger partial charge in [-0.05, 0) is 152 Å². The van der Waals surface area contributed by atoms with Crippen molar-refractivity contribution in [3.63, 3.8) is 0 Å². The Morgan fingerprint density at radius 3 is 0.898 bits per heavy atom. The summed E-state index contributed by atoms with van der Waals surface area (Å²) in [6, 6.07) is 118. The van der Waals surface area contributed by atoms with Crippen molar-refractivity contribution in [1.29, 1.82) is 10.5 Å². The molecule has 0 saturated heterocycles. The van der Waals surface area contributed by atoms with Gasteiger partial charge in [0.1, 0.15) is 0 Å². The van der Waals surface area contributed by atoms with Crippen LogP contribution >= 0.6 is 0 Å². The standard InChI is InChI=1S/C90H54N8/c1-93-73-42-34-66(35-43-73)76-45-37-72(55-87(76)98-84-48-40-69(62-20-10-4-11-21-62)52-80(84)81-53-70(41-49-85(81)98)63-22-12-5-13-23-63)89-94-88(95-90(96-89)77-25-15-14-24-74(77)64-30-26-58(56-91)27-31-64)71-36-44-75(65-32-28-59(57-92)29-33-65)86(54-71)97-82-46-38-67(60-16-6-2-7-17-60)50-78(82)79-51-68(39-47-83(79)97)61-18-8-3-9-19-61/h2-55H. The first-order valence-corrected chi connectivity index (χ1v) is 32.4. The normalized spacial score (nSPS) is 11.2. The first-order valence-electron chi connectivity index (χ1n) is 32.4. The van der Waals surface area contributed by atoms with Gasteiger partial charge in [-0.2, -0.15) is 10.5 Å². The molecule has 0 bridgehead atoms. The highest BCUT2D eigenvalue weighted by Gasteiger charge is 2.24. The molecular formula is C90H54N8. The van der Waals surface area contributed by atoms with Crippen LogP contribution in [0.4, 0.5) is 5.69 Å². The maximum absolute atomic E-state index is 10.1. The number of hydrogen-bond donors (Lipinski definition) is 0. The van der Waals surface area contributed by atoms with Crippen LogP contribution in [0.15, 0.2) is 328 Å². The van der Waals surface area contributed by atoms with Crippen molar-refractivity contribution < 1.29 is 0 Å². The van der Waals surface area contributed by atoms with Gasteiger partial charge in [0.05, 0.1) is 63.3 Å². The number of nitriles is 2. The lowest BCUT2D eigenvalue weighted by atomic mass is 9.97. The maximum Gasteiger partial charge on any atom is 0.187 e. The van der Waals surface area contributed by atoms with E-state index in [9.17, 15) is 10.5 Å². The minimum Gasteiger partial charge on any atom is -0.309 e. The van der Waals surface area contributed by atoms with Gasteiger partial charge in [0, 0.05) is 49.4 Å². The molecule has 0 saturated carbocycles. The summed E-state index contributed by atoms with van der Waals surface area (Å²) in [7, 11) is 0. The summed E-state index contributed by atoms with van der Waals surface area (Å²) in [6.45, 7) is 7.90. The zero-order chi connectivity index (χ0) is 65.6. The van der Waals surface area contributed by atoms with Crippen LogP contribution in [0.2, 0.25) is 0 Å². The SMILES string of the molecule is [C-]#[N+]c1ccc(-c2ccc(-c3nc(-c4ccc(-c5ccc(C#N)cc5)c(-n5c6ccc(-c7ccccc7)cc6c6cc(-c7ccccc7)ccc65)c4)nc(-c4ccccc4-c4ccc(C#N)cc4)n3)cc2-n2c3ccc(-c4ccccc4)cc3c3cc(-c4ccccc4)ccc32)cc1. The number of benzene rings is 14. The van der Waals surface area contributed by atoms with Crippen LogP contribution in [-0.2, 0) is 0 Å². The highest BCUT2D eigenvalue weighted by atomic mass is 15.0. The van der Waals surface area contributed by atoms with Gasteiger partial charge in [0.2, 0.25) is 0 Å². The van der Waals surface area contributed by atoms with Gasteiger partial charge in [-0.1, -0.05) is 243 Å². The predicted molar refractivity (Wildman–Crippen MR) is 399 cm³/mol. The topological polar surface area (TPSA) is 100 Å². The first-order chi connectivity index (χ1) is 48.4. The lowest BCUT2D eigenvalue weighted by Gasteiger charge is -2.18. The number of rotatable bonds is 12. The van der Waals surface area contributed by atoms with E-state index in [0.717, 1.165) is 150 Å². The van der Waals surface area contributed by atoms with E-state index in [1.165, 1.54) is 0 Å². The third-order valence-corrected chi connectivity index (χ3v) is 18.7. The molecule has 0 atom stereocenters. The van der Waals surface area contributed by atoms with Crippen molar-refractivity contribution in [3.05, 3.63) is 350 Å². The molecule has 0 N–H and O–H groups in total. The van der Waals surface area contributed by atoms with E-state index in [1.807, 2.05) is 115 Å². The molecule has 0 fully saturated rings. The van der Waals surface area contributed by atoms with E-state index in [1.54, 1.807) is 0 Å². The fraction of sp³-hybridized carbons (Fsp3) is 0. The molecule has 0 amide bonds. The average molecular weight is 1250 g/mol. The monoisotopic (exact) mass is 1250 g/mol. The number of fused-ring (bicyclic) bond motifs is 6.